The summed E-state index contributed by atoms with van der Waals surface area (Å²) in [6.07, 6.45) is 4.93. The third-order valence-electron chi connectivity index (χ3n) is 5.32. The Balaban J connectivity index is 0.00000392. The van der Waals surface area contributed by atoms with Crippen LogP contribution >= 0.6 is 24.0 Å². The summed E-state index contributed by atoms with van der Waals surface area (Å²) < 4.78 is 16.2. The number of methoxy groups -OCH3 is 2. The van der Waals surface area contributed by atoms with Crippen LogP contribution in [0, 0.1) is 12.3 Å². The number of hydrogen-bond donors (Lipinski definition) is 2. The molecule has 1 aliphatic rings. The normalized spacial score (nSPS) is 15.4. The van der Waals surface area contributed by atoms with Crippen LogP contribution in [0.3, 0.4) is 0 Å². The van der Waals surface area contributed by atoms with Gasteiger partial charge in [0.1, 0.15) is 12.4 Å². The fourth-order valence-corrected chi connectivity index (χ4v) is 3.36. The monoisotopic (exact) mass is 505 g/mol. The van der Waals surface area contributed by atoms with E-state index in [0.717, 1.165) is 36.8 Å². The molecule has 0 saturated heterocycles. The predicted molar refractivity (Wildman–Crippen MR) is 125 cm³/mol. The first-order valence-corrected chi connectivity index (χ1v) is 9.77. The molecule has 0 atom stereocenters. The average molecular weight is 505 g/mol. The quantitative estimate of drug-likeness (QED) is 0.209. The molecule has 1 saturated carbocycles. The second-order valence-electron chi connectivity index (χ2n) is 7.33. The molecule has 0 radical (unpaired) electrons. The van der Waals surface area contributed by atoms with Crippen molar-refractivity contribution in [3.05, 3.63) is 29.3 Å². The van der Waals surface area contributed by atoms with Gasteiger partial charge in [-0.3, -0.25) is 4.99 Å². The Kier molecular flexibility index (Phi) is 11.8. The maximum Gasteiger partial charge on any atom is 0.191 e. The number of guanidine groups is 1. The molecule has 0 amide bonds. The Bertz CT molecular complexity index is 607. The van der Waals surface area contributed by atoms with Crippen molar-refractivity contribution in [2.24, 2.45) is 10.4 Å². The number of aliphatic imine (C=N–C) groups is 1. The van der Waals surface area contributed by atoms with E-state index in [1.54, 1.807) is 14.2 Å². The van der Waals surface area contributed by atoms with Crippen molar-refractivity contribution < 1.29 is 14.2 Å². The summed E-state index contributed by atoms with van der Waals surface area (Å²) in [5.74, 6) is 1.72. The van der Waals surface area contributed by atoms with Gasteiger partial charge in [0.15, 0.2) is 5.96 Å². The summed E-state index contributed by atoms with van der Waals surface area (Å²) in [6, 6.07) is 6.27. The van der Waals surface area contributed by atoms with Crippen LogP contribution in [0.5, 0.6) is 5.75 Å². The zero-order valence-electron chi connectivity index (χ0n) is 17.7. The summed E-state index contributed by atoms with van der Waals surface area (Å²) in [4.78, 5) is 4.37. The van der Waals surface area contributed by atoms with Gasteiger partial charge in [0.2, 0.25) is 0 Å². The minimum absolute atomic E-state index is 0. The molecular formula is C21H36IN3O3. The number of hydrogen-bond acceptors (Lipinski definition) is 4. The molecule has 160 valence electrons. The molecule has 1 aromatic rings. The zero-order valence-corrected chi connectivity index (χ0v) is 20.0. The van der Waals surface area contributed by atoms with Crippen LogP contribution in [-0.4, -0.2) is 53.6 Å². The number of halogens is 1. The van der Waals surface area contributed by atoms with E-state index in [-0.39, 0.29) is 24.0 Å². The first-order valence-electron chi connectivity index (χ1n) is 9.77. The molecule has 2 rings (SSSR count). The summed E-state index contributed by atoms with van der Waals surface area (Å²) in [5, 5.41) is 6.91. The van der Waals surface area contributed by atoms with Gasteiger partial charge >= 0.3 is 0 Å². The molecule has 0 aromatic heterocycles. The standard InChI is InChI=1S/C21H35N3O3.HI/c1-17-6-7-18(19(14-17)27-13-12-26-4)15-23-20(22-2)24-16-21(8-5-9-21)10-11-25-3;/h6-7,14H,5,8-13,15-16H2,1-4H3,(H2,22,23,24);1H. The van der Waals surface area contributed by atoms with Crippen molar-refractivity contribution >= 4 is 29.9 Å². The van der Waals surface area contributed by atoms with Gasteiger partial charge in [-0.05, 0) is 43.2 Å². The highest BCUT2D eigenvalue weighted by Crippen LogP contribution is 2.43. The summed E-state index contributed by atoms with van der Waals surface area (Å²) >= 11 is 0. The Morgan fingerprint density at radius 3 is 2.46 bits per heavy atom. The molecule has 7 heteroatoms. The number of rotatable bonds is 11. The molecule has 0 spiro atoms. The van der Waals surface area contributed by atoms with E-state index in [0.29, 0.717) is 25.2 Å². The van der Waals surface area contributed by atoms with Crippen molar-refractivity contribution in [1.82, 2.24) is 10.6 Å². The van der Waals surface area contributed by atoms with Crippen molar-refractivity contribution in [2.75, 3.05) is 47.6 Å². The lowest BCUT2D eigenvalue weighted by molar-refractivity contribution is 0.0732. The molecule has 1 fully saturated rings. The second kappa shape index (κ2) is 13.2. The minimum atomic E-state index is 0. The fourth-order valence-electron chi connectivity index (χ4n) is 3.36. The highest BCUT2D eigenvalue weighted by atomic mass is 127. The van der Waals surface area contributed by atoms with E-state index in [9.17, 15) is 0 Å². The van der Waals surface area contributed by atoms with Crippen molar-refractivity contribution in [1.29, 1.82) is 0 Å². The predicted octanol–water partition coefficient (Wildman–Crippen LogP) is 3.51. The third-order valence-corrected chi connectivity index (χ3v) is 5.32. The van der Waals surface area contributed by atoms with E-state index in [2.05, 4.69) is 40.7 Å². The van der Waals surface area contributed by atoms with Gasteiger partial charge in [0.05, 0.1) is 6.61 Å². The summed E-state index contributed by atoms with van der Waals surface area (Å²) in [7, 11) is 5.26. The highest BCUT2D eigenvalue weighted by Gasteiger charge is 2.36. The molecule has 6 nitrogen and oxygen atoms in total. The van der Waals surface area contributed by atoms with Crippen molar-refractivity contribution in [3.63, 3.8) is 0 Å². The van der Waals surface area contributed by atoms with E-state index >= 15 is 0 Å². The van der Waals surface area contributed by atoms with E-state index in [1.807, 2.05) is 7.05 Å². The first kappa shape index (κ1) is 25.0. The third kappa shape index (κ3) is 7.75. The zero-order chi connectivity index (χ0) is 19.5. The van der Waals surface area contributed by atoms with Crippen molar-refractivity contribution in [3.8, 4) is 5.75 Å². The first-order chi connectivity index (χ1) is 13.1. The fraction of sp³-hybridized carbons (Fsp3) is 0.667. The lowest BCUT2D eigenvalue weighted by atomic mass is 9.67. The van der Waals surface area contributed by atoms with Gasteiger partial charge < -0.3 is 24.8 Å². The van der Waals surface area contributed by atoms with Gasteiger partial charge in [-0.1, -0.05) is 18.6 Å². The average Bonchev–Trinajstić information content (AvgIpc) is 2.64. The Morgan fingerprint density at radius 1 is 1.11 bits per heavy atom. The lowest BCUT2D eigenvalue weighted by Crippen LogP contribution is -2.46. The number of nitrogens with zero attached hydrogens (tertiary/aromatic N) is 1. The van der Waals surface area contributed by atoms with E-state index in [1.165, 1.54) is 24.8 Å². The largest absolute Gasteiger partial charge is 0.491 e. The van der Waals surface area contributed by atoms with Gasteiger partial charge in [0, 0.05) is 46.5 Å². The van der Waals surface area contributed by atoms with Crippen LogP contribution in [-0.2, 0) is 16.0 Å². The molecular weight excluding hydrogens is 469 g/mol. The summed E-state index contributed by atoms with van der Waals surface area (Å²) in [5.41, 5.74) is 2.64. The van der Waals surface area contributed by atoms with Gasteiger partial charge in [-0.15, -0.1) is 24.0 Å². The minimum Gasteiger partial charge on any atom is -0.491 e. The molecule has 0 bridgehead atoms. The van der Waals surface area contributed by atoms with Crippen LogP contribution in [0.4, 0.5) is 0 Å². The van der Waals surface area contributed by atoms with Gasteiger partial charge in [-0.2, -0.15) is 0 Å². The molecule has 0 heterocycles. The van der Waals surface area contributed by atoms with Gasteiger partial charge in [0.25, 0.3) is 0 Å². The van der Waals surface area contributed by atoms with Crippen LogP contribution < -0.4 is 15.4 Å². The van der Waals surface area contributed by atoms with Crippen LogP contribution in [0.25, 0.3) is 0 Å². The number of benzene rings is 1. The summed E-state index contributed by atoms with van der Waals surface area (Å²) in [6.45, 7) is 5.60. The Hall–Kier alpha value is -1.06. The van der Waals surface area contributed by atoms with Crippen LogP contribution in [0.2, 0.25) is 0 Å². The van der Waals surface area contributed by atoms with Crippen molar-refractivity contribution in [2.45, 2.75) is 39.2 Å². The number of nitrogens with one attached hydrogen (secondary N) is 2. The second-order valence-corrected chi connectivity index (χ2v) is 7.33. The topological polar surface area (TPSA) is 64.1 Å². The lowest BCUT2D eigenvalue weighted by Gasteiger charge is -2.42. The van der Waals surface area contributed by atoms with E-state index in [4.69, 9.17) is 14.2 Å². The van der Waals surface area contributed by atoms with Crippen LogP contribution in [0.15, 0.2) is 23.2 Å². The Morgan fingerprint density at radius 2 is 1.86 bits per heavy atom. The molecule has 2 N–H and O–H groups in total. The smallest absolute Gasteiger partial charge is 0.191 e. The number of ether oxygens (including phenoxy) is 3. The molecule has 1 aliphatic carbocycles. The maximum atomic E-state index is 5.87. The Labute approximate surface area is 186 Å². The molecule has 1 aromatic carbocycles. The maximum absolute atomic E-state index is 5.87. The molecule has 28 heavy (non-hydrogen) atoms. The van der Waals surface area contributed by atoms with E-state index < -0.39 is 0 Å². The van der Waals surface area contributed by atoms with Gasteiger partial charge in [-0.25, -0.2) is 0 Å². The SMILES string of the molecule is CN=C(NCc1ccc(C)cc1OCCOC)NCC1(CCOC)CCC1.I. The number of aryl methyl sites for hydroxylation is 1. The van der Waals surface area contributed by atoms with Crippen LogP contribution in [0.1, 0.15) is 36.8 Å². The molecule has 0 unspecified atom stereocenters. The highest BCUT2D eigenvalue weighted by molar-refractivity contribution is 14.0. The molecule has 0 aliphatic heterocycles.